The SMILES string of the molecule is Cn1ccc(CNCc2ccn[nH]2)n1. The van der Waals surface area contributed by atoms with Crippen LogP contribution in [0.5, 0.6) is 0 Å². The lowest BCUT2D eigenvalue weighted by atomic mass is 10.4. The van der Waals surface area contributed by atoms with Crippen LogP contribution < -0.4 is 5.32 Å². The van der Waals surface area contributed by atoms with Crippen LogP contribution >= 0.6 is 0 Å². The predicted octanol–water partition coefficient (Wildman–Crippen LogP) is 0.433. The first-order valence-corrected chi connectivity index (χ1v) is 4.52. The Hall–Kier alpha value is -1.62. The molecule has 2 rings (SSSR count). The fourth-order valence-electron chi connectivity index (χ4n) is 1.27. The van der Waals surface area contributed by atoms with E-state index < -0.39 is 0 Å². The molecule has 2 heterocycles. The number of rotatable bonds is 4. The van der Waals surface area contributed by atoms with Crippen LogP contribution in [0.1, 0.15) is 11.4 Å². The van der Waals surface area contributed by atoms with E-state index in [2.05, 4.69) is 20.6 Å². The zero-order chi connectivity index (χ0) is 9.80. The highest BCUT2D eigenvalue weighted by molar-refractivity contribution is 5.00. The Morgan fingerprint density at radius 3 is 3.00 bits per heavy atom. The van der Waals surface area contributed by atoms with Crippen LogP contribution in [0.25, 0.3) is 0 Å². The number of nitrogens with zero attached hydrogens (tertiary/aromatic N) is 3. The van der Waals surface area contributed by atoms with Gasteiger partial charge in [0, 0.05) is 38.2 Å². The number of aryl methyl sites for hydroxylation is 1. The number of nitrogens with one attached hydrogen (secondary N) is 2. The van der Waals surface area contributed by atoms with Gasteiger partial charge in [0.1, 0.15) is 0 Å². The predicted molar refractivity (Wildman–Crippen MR) is 52.3 cm³/mol. The molecule has 2 aromatic heterocycles. The van der Waals surface area contributed by atoms with E-state index in [-0.39, 0.29) is 0 Å². The number of aromatic nitrogens is 4. The van der Waals surface area contributed by atoms with E-state index in [0.29, 0.717) is 0 Å². The molecule has 0 amide bonds. The lowest BCUT2D eigenvalue weighted by molar-refractivity contribution is 0.646. The number of aromatic amines is 1. The molecular formula is C9H13N5. The fourth-order valence-corrected chi connectivity index (χ4v) is 1.27. The highest BCUT2D eigenvalue weighted by atomic mass is 15.3. The fraction of sp³-hybridized carbons (Fsp3) is 0.333. The van der Waals surface area contributed by atoms with E-state index in [4.69, 9.17) is 0 Å². The first-order valence-electron chi connectivity index (χ1n) is 4.52. The van der Waals surface area contributed by atoms with Gasteiger partial charge < -0.3 is 5.32 Å². The third kappa shape index (κ3) is 2.20. The van der Waals surface area contributed by atoms with Crippen LogP contribution in [0.4, 0.5) is 0 Å². The molecule has 0 saturated heterocycles. The van der Waals surface area contributed by atoms with Crippen LogP contribution in [0.15, 0.2) is 24.5 Å². The topological polar surface area (TPSA) is 58.5 Å². The van der Waals surface area contributed by atoms with E-state index in [9.17, 15) is 0 Å². The van der Waals surface area contributed by atoms with Gasteiger partial charge in [-0.15, -0.1) is 0 Å². The van der Waals surface area contributed by atoms with Crippen LogP contribution in [0.3, 0.4) is 0 Å². The van der Waals surface area contributed by atoms with Crippen molar-refractivity contribution in [2.75, 3.05) is 0 Å². The van der Waals surface area contributed by atoms with Crippen LogP contribution in [-0.4, -0.2) is 20.0 Å². The Labute approximate surface area is 82.1 Å². The van der Waals surface area contributed by atoms with Crippen molar-refractivity contribution >= 4 is 0 Å². The molecule has 5 nitrogen and oxygen atoms in total. The van der Waals surface area contributed by atoms with E-state index in [0.717, 1.165) is 24.5 Å². The normalized spacial score (nSPS) is 10.6. The minimum atomic E-state index is 0.778. The maximum Gasteiger partial charge on any atom is 0.0762 e. The standard InChI is InChI=1S/C9H13N5/c1-14-5-3-9(13-14)7-10-6-8-2-4-11-12-8/h2-5,10H,6-7H2,1H3,(H,11,12). The maximum atomic E-state index is 4.26. The molecule has 0 aliphatic carbocycles. The molecular weight excluding hydrogens is 178 g/mol. The van der Waals surface area contributed by atoms with Crippen LogP contribution in [0.2, 0.25) is 0 Å². The first-order chi connectivity index (χ1) is 6.84. The Bertz CT molecular complexity index is 376. The summed E-state index contributed by atoms with van der Waals surface area (Å²) in [4.78, 5) is 0. The molecule has 74 valence electrons. The monoisotopic (exact) mass is 191 g/mol. The molecule has 5 heteroatoms. The molecule has 0 bridgehead atoms. The summed E-state index contributed by atoms with van der Waals surface area (Å²) >= 11 is 0. The zero-order valence-corrected chi connectivity index (χ0v) is 8.07. The maximum absolute atomic E-state index is 4.26. The highest BCUT2D eigenvalue weighted by Crippen LogP contribution is 1.95. The van der Waals surface area contributed by atoms with Gasteiger partial charge >= 0.3 is 0 Å². The van der Waals surface area contributed by atoms with Gasteiger partial charge in [-0.25, -0.2) is 0 Å². The van der Waals surface area contributed by atoms with Crippen molar-refractivity contribution in [3.63, 3.8) is 0 Å². The molecule has 2 aromatic rings. The Balaban J connectivity index is 1.78. The quantitative estimate of drug-likeness (QED) is 0.737. The Kier molecular flexibility index (Phi) is 2.60. The summed E-state index contributed by atoms with van der Waals surface area (Å²) in [6.45, 7) is 1.57. The molecule has 0 radical (unpaired) electrons. The van der Waals surface area contributed by atoms with E-state index in [1.807, 2.05) is 25.4 Å². The Morgan fingerprint density at radius 1 is 1.43 bits per heavy atom. The highest BCUT2D eigenvalue weighted by Gasteiger charge is 1.96. The van der Waals surface area contributed by atoms with Crippen molar-refractivity contribution < 1.29 is 0 Å². The van der Waals surface area contributed by atoms with Gasteiger partial charge in [-0.2, -0.15) is 10.2 Å². The third-order valence-electron chi connectivity index (χ3n) is 1.95. The second-order valence-corrected chi connectivity index (χ2v) is 3.17. The average molecular weight is 191 g/mol. The van der Waals surface area contributed by atoms with E-state index >= 15 is 0 Å². The molecule has 0 fully saturated rings. The summed E-state index contributed by atoms with van der Waals surface area (Å²) in [6.07, 6.45) is 3.69. The third-order valence-corrected chi connectivity index (χ3v) is 1.95. The Morgan fingerprint density at radius 2 is 2.36 bits per heavy atom. The molecule has 0 saturated carbocycles. The van der Waals surface area contributed by atoms with Crippen molar-refractivity contribution in [1.29, 1.82) is 0 Å². The van der Waals surface area contributed by atoms with Gasteiger partial charge in [-0.3, -0.25) is 9.78 Å². The van der Waals surface area contributed by atoms with Crippen molar-refractivity contribution in [2.45, 2.75) is 13.1 Å². The van der Waals surface area contributed by atoms with Crippen molar-refractivity contribution in [1.82, 2.24) is 25.3 Å². The lowest BCUT2D eigenvalue weighted by Gasteiger charge is -1.99. The smallest absolute Gasteiger partial charge is 0.0762 e. The average Bonchev–Trinajstić information content (AvgIpc) is 2.77. The molecule has 0 aliphatic rings. The van der Waals surface area contributed by atoms with Crippen LogP contribution in [-0.2, 0) is 20.1 Å². The van der Waals surface area contributed by atoms with Crippen molar-refractivity contribution in [3.05, 3.63) is 35.9 Å². The van der Waals surface area contributed by atoms with Gasteiger partial charge in [0.2, 0.25) is 0 Å². The largest absolute Gasteiger partial charge is 0.305 e. The summed E-state index contributed by atoms with van der Waals surface area (Å²) in [5.74, 6) is 0. The van der Waals surface area contributed by atoms with E-state index in [1.165, 1.54) is 0 Å². The number of H-pyrrole nitrogens is 1. The van der Waals surface area contributed by atoms with Gasteiger partial charge in [-0.1, -0.05) is 0 Å². The molecule has 2 N–H and O–H groups in total. The van der Waals surface area contributed by atoms with Crippen molar-refractivity contribution in [3.8, 4) is 0 Å². The first kappa shape index (κ1) is 8.96. The lowest BCUT2D eigenvalue weighted by Crippen LogP contribution is -2.13. The van der Waals surface area contributed by atoms with Crippen LogP contribution in [0, 0.1) is 0 Å². The van der Waals surface area contributed by atoms with Gasteiger partial charge in [0.15, 0.2) is 0 Å². The van der Waals surface area contributed by atoms with Crippen molar-refractivity contribution in [2.24, 2.45) is 7.05 Å². The zero-order valence-electron chi connectivity index (χ0n) is 8.07. The summed E-state index contributed by atoms with van der Waals surface area (Å²) < 4.78 is 1.80. The minimum absolute atomic E-state index is 0.778. The molecule has 0 aliphatic heterocycles. The second-order valence-electron chi connectivity index (χ2n) is 3.17. The van der Waals surface area contributed by atoms with Gasteiger partial charge in [-0.05, 0) is 12.1 Å². The molecule has 14 heavy (non-hydrogen) atoms. The van der Waals surface area contributed by atoms with Gasteiger partial charge in [0.05, 0.1) is 5.69 Å². The summed E-state index contributed by atoms with van der Waals surface area (Å²) in [7, 11) is 1.92. The number of hydrogen-bond acceptors (Lipinski definition) is 3. The molecule has 0 atom stereocenters. The summed E-state index contributed by atoms with van der Waals surface area (Å²) in [5, 5.41) is 14.3. The minimum Gasteiger partial charge on any atom is -0.305 e. The molecule has 0 aromatic carbocycles. The molecule has 0 unspecified atom stereocenters. The summed E-state index contributed by atoms with van der Waals surface area (Å²) in [6, 6.07) is 3.95. The van der Waals surface area contributed by atoms with E-state index in [1.54, 1.807) is 10.9 Å². The molecule has 0 spiro atoms. The van der Waals surface area contributed by atoms with Gasteiger partial charge in [0.25, 0.3) is 0 Å². The second kappa shape index (κ2) is 4.06. The number of hydrogen-bond donors (Lipinski definition) is 2. The summed E-state index contributed by atoms with van der Waals surface area (Å²) in [5.41, 5.74) is 2.13.